The molecule has 0 aliphatic rings. The van der Waals surface area contributed by atoms with Gasteiger partial charge in [0.1, 0.15) is 0 Å². The number of nitrogens with two attached hydrogens (primary N) is 1. The minimum absolute atomic E-state index is 0.255. The molecule has 0 aliphatic heterocycles. The SMILES string of the molecule is Cc1cccc(C(CCCc2cccs2)NN)c1. The van der Waals surface area contributed by atoms with Crippen molar-refractivity contribution in [3.05, 3.63) is 57.8 Å². The second-order valence-corrected chi connectivity index (χ2v) is 5.64. The van der Waals surface area contributed by atoms with Gasteiger partial charge in [0.15, 0.2) is 0 Å². The van der Waals surface area contributed by atoms with Gasteiger partial charge < -0.3 is 0 Å². The van der Waals surface area contributed by atoms with Crippen LogP contribution in [0.5, 0.6) is 0 Å². The molecule has 1 aromatic carbocycles. The zero-order chi connectivity index (χ0) is 12.8. The van der Waals surface area contributed by atoms with Crippen molar-refractivity contribution < 1.29 is 0 Å². The zero-order valence-electron chi connectivity index (χ0n) is 10.7. The Bertz CT molecular complexity index is 465. The van der Waals surface area contributed by atoms with Gasteiger partial charge in [0.2, 0.25) is 0 Å². The number of thiophene rings is 1. The van der Waals surface area contributed by atoms with Crippen molar-refractivity contribution >= 4 is 11.3 Å². The summed E-state index contributed by atoms with van der Waals surface area (Å²) in [5, 5.41) is 2.13. The smallest absolute Gasteiger partial charge is 0.0460 e. The molecule has 1 unspecified atom stereocenters. The molecular formula is C15H20N2S. The van der Waals surface area contributed by atoms with Gasteiger partial charge in [-0.2, -0.15) is 0 Å². The van der Waals surface area contributed by atoms with E-state index < -0.39 is 0 Å². The molecule has 0 radical (unpaired) electrons. The van der Waals surface area contributed by atoms with Crippen LogP contribution >= 0.6 is 11.3 Å². The molecule has 0 saturated heterocycles. The predicted octanol–water partition coefficient (Wildman–Crippen LogP) is 3.58. The highest BCUT2D eigenvalue weighted by molar-refractivity contribution is 7.09. The summed E-state index contributed by atoms with van der Waals surface area (Å²) in [5.41, 5.74) is 5.49. The molecule has 0 fully saturated rings. The maximum atomic E-state index is 5.67. The molecule has 2 nitrogen and oxygen atoms in total. The molecular weight excluding hydrogens is 240 g/mol. The average Bonchev–Trinajstić information content (AvgIpc) is 2.88. The Morgan fingerprint density at radius 3 is 2.83 bits per heavy atom. The standard InChI is InChI=1S/C15H20N2S/c1-12-5-2-6-13(11-12)15(17-16)9-3-7-14-8-4-10-18-14/h2,4-6,8,10-11,15,17H,3,7,9,16H2,1H3. The molecule has 96 valence electrons. The van der Waals surface area contributed by atoms with E-state index in [2.05, 4.69) is 54.1 Å². The fraction of sp³-hybridized carbons (Fsp3) is 0.333. The van der Waals surface area contributed by atoms with Crippen LogP contribution in [0.25, 0.3) is 0 Å². The number of nitrogens with one attached hydrogen (secondary N) is 1. The highest BCUT2D eigenvalue weighted by atomic mass is 32.1. The number of benzene rings is 1. The van der Waals surface area contributed by atoms with Crippen LogP contribution in [-0.4, -0.2) is 0 Å². The van der Waals surface area contributed by atoms with Crippen molar-refractivity contribution in [3.63, 3.8) is 0 Å². The van der Waals surface area contributed by atoms with Crippen molar-refractivity contribution in [2.24, 2.45) is 5.84 Å². The molecule has 0 aliphatic carbocycles. The van der Waals surface area contributed by atoms with E-state index in [0.717, 1.165) is 19.3 Å². The lowest BCUT2D eigenvalue weighted by molar-refractivity contribution is 0.499. The topological polar surface area (TPSA) is 38.0 Å². The fourth-order valence-corrected chi connectivity index (χ4v) is 2.92. The number of hydrogen-bond donors (Lipinski definition) is 2. The van der Waals surface area contributed by atoms with Crippen molar-refractivity contribution in [2.45, 2.75) is 32.2 Å². The number of rotatable bonds is 6. The molecule has 3 heteroatoms. The third-order valence-corrected chi connectivity index (χ3v) is 4.08. The second kappa shape index (κ2) is 6.69. The number of hydrogen-bond acceptors (Lipinski definition) is 3. The summed E-state index contributed by atoms with van der Waals surface area (Å²) in [6, 6.07) is 13.1. The summed E-state index contributed by atoms with van der Waals surface area (Å²) in [6.45, 7) is 2.11. The first kappa shape index (κ1) is 13.3. The number of aryl methyl sites for hydroxylation is 2. The molecule has 0 spiro atoms. The third kappa shape index (κ3) is 3.67. The third-order valence-electron chi connectivity index (χ3n) is 3.14. The van der Waals surface area contributed by atoms with E-state index in [1.165, 1.54) is 16.0 Å². The summed E-state index contributed by atoms with van der Waals surface area (Å²) in [6.07, 6.45) is 3.36. The minimum Gasteiger partial charge on any atom is -0.271 e. The van der Waals surface area contributed by atoms with E-state index in [0.29, 0.717) is 0 Å². The van der Waals surface area contributed by atoms with Gasteiger partial charge in [-0.15, -0.1) is 11.3 Å². The van der Waals surface area contributed by atoms with Gasteiger partial charge in [-0.1, -0.05) is 35.9 Å². The summed E-state index contributed by atoms with van der Waals surface area (Å²) in [4.78, 5) is 1.45. The van der Waals surface area contributed by atoms with E-state index in [-0.39, 0.29) is 6.04 Å². The summed E-state index contributed by atoms with van der Waals surface area (Å²) >= 11 is 1.83. The second-order valence-electron chi connectivity index (χ2n) is 4.60. The summed E-state index contributed by atoms with van der Waals surface area (Å²) in [7, 11) is 0. The fourth-order valence-electron chi connectivity index (χ4n) is 2.17. The molecule has 3 N–H and O–H groups in total. The van der Waals surface area contributed by atoms with Crippen molar-refractivity contribution in [3.8, 4) is 0 Å². The van der Waals surface area contributed by atoms with Gasteiger partial charge in [-0.05, 0) is 43.2 Å². The average molecular weight is 260 g/mol. The van der Waals surface area contributed by atoms with E-state index in [4.69, 9.17) is 5.84 Å². The van der Waals surface area contributed by atoms with Gasteiger partial charge in [-0.25, -0.2) is 0 Å². The molecule has 18 heavy (non-hydrogen) atoms. The molecule has 1 aromatic heterocycles. The van der Waals surface area contributed by atoms with Crippen LogP contribution in [-0.2, 0) is 6.42 Å². The Labute approximate surface area is 113 Å². The largest absolute Gasteiger partial charge is 0.271 e. The first-order chi connectivity index (χ1) is 8.79. The molecule has 2 aromatic rings. The normalized spacial score (nSPS) is 12.6. The van der Waals surface area contributed by atoms with Crippen molar-refractivity contribution in [1.29, 1.82) is 0 Å². The van der Waals surface area contributed by atoms with Crippen LogP contribution in [0.2, 0.25) is 0 Å². The lowest BCUT2D eigenvalue weighted by Gasteiger charge is -2.16. The van der Waals surface area contributed by atoms with Gasteiger partial charge in [0.05, 0.1) is 0 Å². The van der Waals surface area contributed by atoms with Crippen LogP contribution in [0.1, 0.15) is 34.9 Å². The quantitative estimate of drug-likeness (QED) is 0.615. The monoisotopic (exact) mass is 260 g/mol. The highest BCUT2D eigenvalue weighted by Gasteiger charge is 2.09. The van der Waals surface area contributed by atoms with Crippen LogP contribution in [0, 0.1) is 6.92 Å². The van der Waals surface area contributed by atoms with Crippen LogP contribution in [0.4, 0.5) is 0 Å². The summed E-state index contributed by atoms with van der Waals surface area (Å²) < 4.78 is 0. The number of hydrazine groups is 1. The lowest BCUT2D eigenvalue weighted by Crippen LogP contribution is -2.28. The van der Waals surface area contributed by atoms with E-state index in [1.807, 2.05) is 11.3 Å². The molecule has 0 bridgehead atoms. The maximum Gasteiger partial charge on any atom is 0.0460 e. The van der Waals surface area contributed by atoms with Gasteiger partial charge >= 0.3 is 0 Å². The van der Waals surface area contributed by atoms with Gasteiger partial charge in [0.25, 0.3) is 0 Å². The Balaban J connectivity index is 1.89. The molecule has 1 atom stereocenters. The van der Waals surface area contributed by atoms with Crippen LogP contribution in [0.3, 0.4) is 0 Å². The Morgan fingerprint density at radius 1 is 1.28 bits per heavy atom. The Morgan fingerprint density at radius 2 is 2.17 bits per heavy atom. The summed E-state index contributed by atoms with van der Waals surface area (Å²) in [5.74, 6) is 5.67. The molecule has 0 saturated carbocycles. The van der Waals surface area contributed by atoms with Crippen LogP contribution < -0.4 is 11.3 Å². The van der Waals surface area contributed by atoms with Crippen molar-refractivity contribution in [2.75, 3.05) is 0 Å². The predicted molar refractivity (Wildman–Crippen MR) is 78.5 cm³/mol. The van der Waals surface area contributed by atoms with E-state index >= 15 is 0 Å². The first-order valence-corrected chi connectivity index (χ1v) is 7.22. The Kier molecular flexibility index (Phi) is 4.93. The Hall–Kier alpha value is -1.16. The highest BCUT2D eigenvalue weighted by Crippen LogP contribution is 2.21. The van der Waals surface area contributed by atoms with Crippen LogP contribution in [0.15, 0.2) is 41.8 Å². The molecule has 0 amide bonds. The van der Waals surface area contributed by atoms with Gasteiger partial charge in [0, 0.05) is 10.9 Å². The minimum atomic E-state index is 0.255. The van der Waals surface area contributed by atoms with Crippen molar-refractivity contribution in [1.82, 2.24) is 5.43 Å². The maximum absolute atomic E-state index is 5.67. The van der Waals surface area contributed by atoms with E-state index in [1.54, 1.807) is 0 Å². The zero-order valence-corrected chi connectivity index (χ0v) is 11.5. The van der Waals surface area contributed by atoms with E-state index in [9.17, 15) is 0 Å². The lowest BCUT2D eigenvalue weighted by atomic mass is 10.00. The molecule has 1 heterocycles. The first-order valence-electron chi connectivity index (χ1n) is 6.34. The van der Waals surface area contributed by atoms with Gasteiger partial charge in [-0.3, -0.25) is 11.3 Å². The molecule has 2 rings (SSSR count).